The van der Waals surface area contributed by atoms with Gasteiger partial charge in [-0.2, -0.15) is 8.42 Å². The molecular weight excluding hydrogens is 290 g/mol. The van der Waals surface area contributed by atoms with E-state index in [2.05, 4.69) is 0 Å². The monoisotopic (exact) mass is 307 g/mol. The molecule has 2 aromatic carbocycles. The van der Waals surface area contributed by atoms with Gasteiger partial charge in [0, 0.05) is 6.42 Å². The molecule has 0 aliphatic carbocycles. The predicted octanol–water partition coefficient (Wildman–Crippen LogP) is 1.60. The average molecular weight is 307 g/mol. The van der Waals surface area contributed by atoms with E-state index in [-0.39, 0.29) is 6.42 Å². The third kappa shape index (κ3) is 4.84. The zero-order valence-electron chi connectivity index (χ0n) is 11.7. The molecule has 2 aromatic rings. The van der Waals surface area contributed by atoms with Crippen LogP contribution < -0.4 is 5.73 Å². The van der Waals surface area contributed by atoms with Gasteiger partial charge in [0.05, 0.1) is 18.8 Å². The largest absolute Gasteiger partial charge is 0.370 e. The summed E-state index contributed by atoms with van der Waals surface area (Å²) in [5.74, 6) is -0.593. The number of fused-ring (bicyclic) bond motifs is 1. The Hall–Kier alpha value is -1.92. The second kappa shape index (κ2) is 6.24. The lowest BCUT2D eigenvalue weighted by Gasteiger charge is -2.15. The highest BCUT2D eigenvalue weighted by atomic mass is 32.2. The standard InChI is InChI=1S/C15H17NO4S/c1-21(18,19)20-14(10-15(16)17)9-11-6-7-12-4-2-3-5-13(12)8-11/h2-8,14H,9-10H2,1H3,(H2,16,17)/t14-/m1/s1. The van der Waals surface area contributed by atoms with Crippen LogP contribution in [-0.4, -0.2) is 26.7 Å². The lowest BCUT2D eigenvalue weighted by molar-refractivity contribution is -0.119. The minimum Gasteiger partial charge on any atom is -0.370 e. The van der Waals surface area contributed by atoms with Crippen molar-refractivity contribution >= 4 is 26.8 Å². The Morgan fingerprint density at radius 2 is 1.86 bits per heavy atom. The number of rotatable bonds is 6. The minimum atomic E-state index is -3.64. The lowest BCUT2D eigenvalue weighted by Crippen LogP contribution is -2.26. The van der Waals surface area contributed by atoms with Gasteiger partial charge in [-0.15, -0.1) is 0 Å². The van der Waals surface area contributed by atoms with Crippen LogP contribution in [0.15, 0.2) is 42.5 Å². The Labute approximate surface area is 123 Å². The molecule has 0 saturated carbocycles. The number of carbonyl (C=O) groups is 1. The summed E-state index contributed by atoms with van der Waals surface area (Å²) in [7, 11) is -3.64. The number of carbonyl (C=O) groups excluding carboxylic acids is 1. The van der Waals surface area contributed by atoms with Crippen molar-refractivity contribution in [2.24, 2.45) is 5.73 Å². The summed E-state index contributed by atoms with van der Waals surface area (Å²) in [6.07, 6.45) is 0.348. The Kier molecular flexibility index (Phi) is 4.59. The van der Waals surface area contributed by atoms with Crippen LogP contribution in [-0.2, 0) is 25.5 Å². The Morgan fingerprint density at radius 1 is 1.19 bits per heavy atom. The molecule has 0 aliphatic heterocycles. The third-order valence-corrected chi connectivity index (χ3v) is 3.64. The molecule has 1 amide bonds. The van der Waals surface area contributed by atoms with E-state index in [4.69, 9.17) is 9.92 Å². The molecule has 5 nitrogen and oxygen atoms in total. The maximum atomic E-state index is 11.3. The van der Waals surface area contributed by atoms with Crippen LogP contribution in [0, 0.1) is 0 Å². The second-order valence-electron chi connectivity index (χ2n) is 4.98. The van der Waals surface area contributed by atoms with Crippen LogP contribution in [0.2, 0.25) is 0 Å². The topological polar surface area (TPSA) is 86.5 Å². The number of benzene rings is 2. The number of hydrogen-bond acceptors (Lipinski definition) is 4. The first-order valence-corrected chi connectivity index (χ1v) is 8.29. The van der Waals surface area contributed by atoms with Crippen molar-refractivity contribution in [2.45, 2.75) is 18.9 Å². The van der Waals surface area contributed by atoms with E-state index in [1.165, 1.54) is 0 Å². The molecule has 0 spiro atoms. The molecule has 0 bridgehead atoms. The predicted molar refractivity (Wildman–Crippen MR) is 81.2 cm³/mol. The van der Waals surface area contributed by atoms with Gasteiger partial charge in [0.2, 0.25) is 5.91 Å². The van der Waals surface area contributed by atoms with Gasteiger partial charge in [-0.1, -0.05) is 42.5 Å². The van der Waals surface area contributed by atoms with Crippen molar-refractivity contribution in [3.8, 4) is 0 Å². The molecule has 2 rings (SSSR count). The average Bonchev–Trinajstić information content (AvgIpc) is 2.35. The molecular formula is C15H17NO4S. The fourth-order valence-electron chi connectivity index (χ4n) is 2.24. The fourth-order valence-corrected chi connectivity index (χ4v) is 2.87. The smallest absolute Gasteiger partial charge is 0.264 e. The molecule has 0 heterocycles. The molecule has 2 N–H and O–H groups in total. The molecule has 0 fully saturated rings. The Morgan fingerprint density at radius 3 is 2.48 bits per heavy atom. The van der Waals surface area contributed by atoms with Crippen molar-refractivity contribution in [1.82, 2.24) is 0 Å². The van der Waals surface area contributed by atoms with Gasteiger partial charge in [-0.3, -0.25) is 8.98 Å². The van der Waals surface area contributed by atoms with Gasteiger partial charge >= 0.3 is 0 Å². The van der Waals surface area contributed by atoms with Gasteiger partial charge in [0.1, 0.15) is 0 Å². The zero-order chi connectivity index (χ0) is 15.5. The van der Waals surface area contributed by atoms with E-state index >= 15 is 0 Å². The molecule has 1 atom stereocenters. The maximum Gasteiger partial charge on any atom is 0.264 e. The molecule has 0 aliphatic rings. The van der Waals surface area contributed by atoms with Gasteiger partial charge in [0.15, 0.2) is 0 Å². The van der Waals surface area contributed by atoms with Crippen molar-refractivity contribution in [2.75, 3.05) is 6.26 Å². The summed E-state index contributed by atoms with van der Waals surface area (Å²) in [6.45, 7) is 0. The quantitative estimate of drug-likeness (QED) is 0.821. The fraction of sp³-hybridized carbons (Fsp3) is 0.267. The van der Waals surface area contributed by atoms with E-state index in [0.29, 0.717) is 6.42 Å². The van der Waals surface area contributed by atoms with Crippen LogP contribution in [0.1, 0.15) is 12.0 Å². The van der Waals surface area contributed by atoms with Crippen LogP contribution in [0.3, 0.4) is 0 Å². The minimum absolute atomic E-state index is 0.139. The highest BCUT2D eigenvalue weighted by Crippen LogP contribution is 2.18. The molecule has 0 unspecified atom stereocenters. The first-order chi connectivity index (χ1) is 9.83. The normalized spacial score (nSPS) is 13.2. The zero-order valence-corrected chi connectivity index (χ0v) is 12.5. The van der Waals surface area contributed by atoms with E-state index in [0.717, 1.165) is 22.6 Å². The molecule has 112 valence electrons. The molecule has 6 heteroatoms. The highest BCUT2D eigenvalue weighted by molar-refractivity contribution is 7.86. The number of nitrogens with two attached hydrogens (primary N) is 1. The van der Waals surface area contributed by atoms with Crippen molar-refractivity contribution in [3.05, 3.63) is 48.0 Å². The van der Waals surface area contributed by atoms with Crippen molar-refractivity contribution in [3.63, 3.8) is 0 Å². The van der Waals surface area contributed by atoms with Gasteiger partial charge in [-0.25, -0.2) is 0 Å². The Bertz CT molecular complexity index is 755. The van der Waals surface area contributed by atoms with Crippen molar-refractivity contribution < 1.29 is 17.4 Å². The summed E-state index contributed by atoms with van der Waals surface area (Å²) < 4.78 is 27.4. The van der Waals surface area contributed by atoms with Crippen LogP contribution >= 0.6 is 0 Å². The maximum absolute atomic E-state index is 11.3. The van der Waals surface area contributed by atoms with Crippen LogP contribution in [0.5, 0.6) is 0 Å². The van der Waals surface area contributed by atoms with Gasteiger partial charge < -0.3 is 5.73 Å². The third-order valence-electron chi connectivity index (χ3n) is 3.02. The van der Waals surface area contributed by atoms with Gasteiger partial charge in [0.25, 0.3) is 10.1 Å². The number of hydrogen-bond donors (Lipinski definition) is 1. The van der Waals surface area contributed by atoms with E-state index in [1.54, 1.807) is 0 Å². The first kappa shape index (κ1) is 15.5. The summed E-state index contributed by atoms with van der Waals surface area (Å²) in [5, 5.41) is 2.14. The van der Waals surface area contributed by atoms with Gasteiger partial charge in [-0.05, 0) is 16.3 Å². The summed E-state index contributed by atoms with van der Waals surface area (Å²) in [4.78, 5) is 11.0. The van der Waals surface area contributed by atoms with Crippen LogP contribution in [0.25, 0.3) is 10.8 Å². The Balaban J connectivity index is 2.22. The summed E-state index contributed by atoms with van der Waals surface area (Å²) in [5.41, 5.74) is 6.03. The van der Waals surface area contributed by atoms with E-state index < -0.39 is 22.1 Å². The summed E-state index contributed by atoms with van der Waals surface area (Å²) >= 11 is 0. The van der Waals surface area contributed by atoms with Crippen LogP contribution in [0.4, 0.5) is 0 Å². The molecule has 21 heavy (non-hydrogen) atoms. The first-order valence-electron chi connectivity index (χ1n) is 6.48. The number of primary amides is 1. The van der Waals surface area contributed by atoms with Crippen molar-refractivity contribution in [1.29, 1.82) is 0 Å². The van der Waals surface area contributed by atoms with E-state index in [1.807, 2.05) is 42.5 Å². The summed E-state index contributed by atoms with van der Waals surface area (Å²) in [6, 6.07) is 13.6. The number of amides is 1. The SMILES string of the molecule is CS(=O)(=O)O[C@@H](CC(N)=O)Cc1ccc2ccccc2c1. The molecule has 0 aromatic heterocycles. The van der Waals surface area contributed by atoms with E-state index in [9.17, 15) is 13.2 Å². The molecule has 0 saturated heterocycles. The lowest BCUT2D eigenvalue weighted by atomic mass is 10.0. The second-order valence-corrected chi connectivity index (χ2v) is 6.58. The molecule has 0 radical (unpaired) electrons. The highest BCUT2D eigenvalue weighted by Gasteiger charge is 2.18.